The smallest absolute Gasteiger partial charge is 0.253 e. The molecular formula is C21H20N4O. The third-order valence-electron chi connectivity index (χ3n) is 4.43. The zero-order chi connectivity index (χ0) is 18.1. The molecule has 1 N–H and O–H groups in total. The van der Waals surface area contributed by atoms with Gasteiger partial charge in [-0.05, 0) is 37.7 Å². The van der Waals surface area contributed by atoms with Gasteiger partial charge in [-0.15, -0.1) is 0 Å². The van der Waals surface area contributed by atoms with E-state index in [9.17, 15) is 4.79 Å². The Kier molecular flexibility index (Phi) is 4.22. The fourth-order valence-electron chi connectivity index (χ4n) is 3.10. The Morgan fingerprint density at radius 2 is 1.62 bits per heavy atom. The van der Waals surface area contributed by atoms with E-state index >= 15 is 0 Å². The number of fused-ring (bicyclic) bond motifs is 4. The molecular weight excluding hydrogens is 324 g/mol. The molecule has 1 aromatic heterocycles. The minimum absolute atomic E-state index is 0.118. The van der Waals surface area contributed by atoms with Crippen molar-refractivity contribution in [1.29, 1.82) is 0 Å². The molecule has 0 aliphatic heterocycles. The minimum atomic E-state index is -0.118. The lowest BCUT2D eigenvalue weighted by molar-refractivity contribution is 0.0952. The summed E-state index contributed by atoms with van der Waals surface area (Å²) in [5, 5.41) is 4.98. The number of amides is 1. The second-order valence-electron chi connectivity index (χ2n) is 6.61. The predicted octanol–water partition coefficient (Wildman–Crippen LogP) is 3.23. The van der Waals surface area contributed by atoms with Gasteiger partial charge < -0.3 is 10.2 Å². The SMILES string of the molecule is CN(C)CCNC(=O)c1cc2ccccc2c2nc3ccccc3nc12. The van der Waals surface area contributed by atoms with E-state index in [4.69, 9.17) is 9.97 Å². The van der Waals surface area contributed by atoms with Gasteiger partial charge in [0.15, 0.2) is 0 Å². The van der Waals surface area contributed by atoms with Crippen LogP contribution in [0.1, 0.15) is 10.4 Å². The van der Waals surface area contributed by atoms with E-state index in [1.807, 2.05) is 73.6 Å². The molecule has 0 fully saturated rings. The van der Waals surface area contributed by atoms with Gasteiger partial charge in [0.05, 0.1) is 22.1 Å². The first kappa shape index (κ1) is 16.4. The third-order valence-corrected chi connectivity index (χ3v) is 4.43. The molecule has 5 nitrogen and oxygen atoms in total. The van der Waals surface area contributed by atoms with E-state index in [1.54, 1.807) is 0 Å². The first-order valence-corrected chi connectivity index (χ1v) is 8.64. The number of carbonyl (C=O) groups is 1. The van der Waals surface area contributed by atoms with E-state index in [0.29, 0.717) is 17.6 Å². The van der Waals surface area contributed by atoms with Crippen molar-refractivity contribution in [3.05, 3.63) is 60.2 Å². The van der Waals surface area contributed by atoms with Crippen LogP contribution in [0.25, 0.3) is 32.8 Å². The van der Waals surface area contributed by atoms with Gasteiger partial charge in [0.1, 0.15) is 5.52 Å². The highest BCUT2D eigenvalue weighted by molar-refractivity contribution is 6.15. The predicted molar refractivity (Wildman–Crippen MR) is 105 cm³/mol. The summed E-state index contributed by atoms with van der Waals surface area (Å²) < 4.78 is 0. The van der Waals surface area contributed by atoms with Crippen molar-refractivity contribution in [3.8, 4) is 0 Å². The minimum Gasteiger partial charge on any atom is -0.351 e. The molecule has 4 rings (SSSR count). The monoisotopic (exact) mass is 344 g/mol. The van der Waals surface area contributed by atoms with Crippen LogP contribution < -0.4 is 5.32 Å². The fraction of sp³-hybridized carbons (Fsp3) is 0.190. The topological polar surface area (TPSA) is 58.1 Å². The summed E-state index contributed by atoms with van der Waals surface area (Å²) >= 11 is 0. The maximum atomic E-state index is 12.8. The second-order valence-corrected chi connectivity index (χ2v) is 6.61. The van der Waals surface area contributed by atoms with Gasteiger partial charge in [0, 0.05) is 18.5 Å². The lowest BCUT2D eigenvalue weighted by atomic mass is 10.0. The standard InChI is InChI=1S/C21H20N4O/c1-25(2)12-11-22-21(26)16-13-14-7-3-4-8-15(14)19-20(16)24-18-10-6-5-9-17(18)23-19/h3-10,13H,11-12H2,1-2H3,(H,22,26). The third kappa shape index (κ3) is 2.97. The summed E-state index contributed by atoms with van der Waals surface area (Å²) in [6, 6.07) is 17.6. The van der Waals surface area contributed by atoms with Gasteiger partial charge >= 0.3 is 0 Å². The van der Waals surface area contributed by atoms with Gasteiger partial charge in [-0.1, -0.05) is 36.4 Å². The van der Waals surface area contributed by atoms with Gasteiger partial charge in [0.2, 0.25) is 0 Å². The average Bonchev–Trinajstić information content (AvgIpc) is 2.65. The molecule has 0 saturated carbocycles. The van der Waals surface area contributed by atoms with Gasteiger partial charge in [-0.2, -0.15) is 0 Å². The largest absolute Gasteiger partial charge is 0.351 e. The lowest BCUT2D eigenvalue weighted by Crippen LogP contribution is -2.31. The number of carbonyl (C=O) groups excluding carboxylic acids is 1. The first-order chi connectivity index (χ1) is 12.6. The number of para-hydroxylation sites is 2. The summed E-state index contributed by atoms with van der Waals surface area (Å²) in [6.07, 6.45) is 0. The highest BCUT2D eigenvalue weighted by Crippen LogP contribution is 2.28. The molecule has 0 spiro atoms. The van der Waals surface area contributed by atoms with Crippen molar-refractivity contribution in [2.45, 2.75) is 0 Å². The fourth-order valence-corrected chi connectivity index (χ4v) is 3.10. The number of hydrogen-bond donors (Lipinski definition) is 1. The average molecular weight is 344 g/mol. The number of hydrogen-bond acceptors (Lipinski definition) is 4. The molecule has 0 saturated heterocycles. The van der Waals surface area contributed by atoms with Crippen molar-refractivity contribution in [2.75, 3.05) is 27.2 Å². The number of nitrogens with zero attached hydrogens (tertiary/aromatic N) is 3. The molecule has 0 bridgehead atoms. The van der Waals surface area contributed by atoms with Crippen molar-refractivity contribution in [2.24, 2.45) is 0 Å². The summed E-state index contributed by atoms with van der Waals surface area (Å²) in [4.78, 5) is 24.4. The van der Waals surface area contributed by atoms with Crippen molar-refractivity contribution in [1.82, 2.24) is 20.2 Å². The molecule has 0 atom stereocenters. The Morgan fingerprint density at radius 3 is 2.35 bits per heavy atom. The Hall–Kier alpha value is -3.05. The number of benzene rings is 3. The molecule has 0 aliphatic carbocycles. The van der Waals surface area contributed by atoms with E-state index < -0.39 is 0 Å². The van der Waals surface area contributed by atoms with Gasteiger partial charge in [-0.3, -0.25) is 4.79 Å². The quantitative estimate of drug-likeness (QED) is 0.456. The van der Waals surface area contributed by atoms with Crippen LogP contribution in [0.5, 0.6) is 0 Å². The van der Waals surface area contributed by atoms with E-state index in [1.165, 1.54) is 0 Å². The van der Waals surface area contributed by atoms with Crippen LogP contribution >= 0.6 is 0 Å². The molecule has 4 aromatic rings. The number of rotatable bonds is 4. The maximum absolute atomic E-state index is 12.8. The van der Waals surface area contributed by atoms with Crippen LogP contribution in [-0.4, -0.2) is 48.0 Å². The molecule has 1 amide bonds. The summed E-state index contributed by atoms with van der Waals surface area (Å²) in [7, 11) is 3.96. The van der Waals surface area contributed by atoms with Crippen LogP contribution in [0, 0.1) is 0 Å². The second kappa shape index (κ2) is 6.69. The van der Waals surface area contributed by atoms with Crippen LogP contribution in [0.2, 0.25) is 0 Å². The van der Waals surface area contributed by atoms with Gasteiger partial charge in [0.25, 0.3) is 5.91 Å². The lowest BCUT2D eigenvalue weighted by Gasteiger charge is -2.13. The van der Waals surface area contributed by atoms with Crippen LogP contribution in [0.15, 0.2) is 54.6 Å². The molecule has 0 aliphatic rings. The Morgan fingerprint density at radius 1 is 0.962 bits per heavy atom. The van der Waals surface area contributed by atoms with Crippen molar-refractivity contribution < 1.29 is 4.79 Å². The number of aromatic nitrogens is 2. The Balaban J connectivity index is 1.92. The molecule has 3 aromatic carbocycles. The van der Waals surface area contributed by atoms with E-state index in [0.717, 1.165) is 33.9 Å². The zero-order valence-corrected chi connectivity index (χ0v) is 14.9. The highest BCUT2D eigenvalue weighted by atomic mass is 16.1. The van der Waals surface area contributed by atoms with Gasteiger partial charge in [-0.25, -0.2) is 9.97 Å². The molecule has 0 unspecified atom stereocenters. The maximum Gasteiger partial charge on any atom is 0.253 e. The van der Waals surface area contributed by atoms with Crippen LogP contribution in [-0.2, 0) is 0 Å². The van der Waals surface area contributed by atoms with Crippen molar-refractivity contribution >= 4 is 38.7 Å². The molecule has 130 valence electrons. The molecule has 1 heterocycles. The highest BCUT2D eigenvalue weighted by Gasteiger charge is 2.16. The number of nitrogens with one attached hydrogen (secondary N) is 1. The summed E-state index contributed by atoms with van der Waals surface area (Å²) in [5.41, 5.74) is 3.59. The Bertz CT molecular complexity index is 1120. The zero-order valence-electron chi connectivity index (χ0n) is 14.9. The molecule has 5 heteroatoms. The van der Waals surface area contributed by atoms with E-state index in [2.05, 4.69) is 5.32 Å². The number of likely N-dealkylation sites (N-methyl/N-ethyl adjacent to an activating group) is 1. The van der Waals surface area contributed by atoms with Crippen LogP contribution in [0.3, 0.4) is 0 Å². The van der Waals surface area contributed by atoms with Crippen molar-refractivity contribution in [3.63, 3.8) is 0 Å². The van der Waals surface area contributed by atoms with Crippen LogP contribution in [0.4, 0.5) is 0 Å². The Labute approximate surface area is 151 Å². The molecule has 26 heavy (non-hydrogen) atoms. The molecule has 0 radical (unpaired) electrons. The van der Waals surface area contributed by atoms with E-state index in [-0.39, 0.29) is 5.91 Å². The first-order valence-electron chi connectivity index (χ1n) is 8.64. The normalized spacial score (nSPS) is 11.5. The summed E-state index contributed by atoms with van der Waals surface area (Å²) in [6.45, 7) is 1.37. The summed E-state index contributed by atoms with van der Waals surface area (Å²) in [5.74, 6) is -0.118.